The third-order valence-corrected chi connectivity index (χ3v) is 3.64. The van der Waals surface area contributed by atoms with Crippen molar-refractivity contribution >= 4 is 24.2 Å². The summed E-state index contributed by atoms with van der Waals surface area (Å²) in [6.45, 7) is 6.19. The van der Waals surface area contributed by atoms with E-state index in [1.165, 1.54) is 19.3 Å². The second-order valence-electron chi connectivity index (χ2n) is 5.54. The number of amides is 1. The molecule has 5 nitrogen and oxygen atoms in total. The summed E-state index contributed by atoms with van der Waals surface area (Å²) in [6, 6.07) is 7.36. The zero-order chi connectivity index (χ0) is 15.6. The van der Waals surface area contributed by atoms with E-state index in [1.54, 1.807) is 0 Å². The number of carbonyl (C=O) groups is 1. The Labute approximate surface area is 144 Å². The molecule has 2 rings (SSSR count). The van der Waals surface area contributed by atoms with Crippen LogP contribution < -0.4 is 10.1 Å². The maximum atomic E-state index is 11.8. The topological polar surface area (TPSA) is 50.8 Å². The first kappa shape index (κ1) is 19.6. The number of nitrogens with zero attached hydrogens (tertiary/aromatic N) is 1. The number of likely N-dealkylation sites (tertiary alicyclic amines) is 1. The molecule has 1 heterocycles. The van der Waals surface area contributed by atoms with E-state index >= 15 is 0 Å². The molecule has 1 aromatic rings. The Hall–Kier alpha value is -1.46. The molecular formula is C17H27ClN2O3. The van der Waals surface area contributed by atoms with Gasteiger partial charge in [-0.3, -0.25) is 10.2 Å². The molecule has 1 saturated heterocycles. The minimum atomic E-state index is -0.412. The van der Waals surface area contributed by atoms with E-state index < -0.39 is 6.09 Å². The first-order valence-electron chi connectivity index (χ1n) is 8.17. The molecule has 23 heavy (non-hydrogen) atoms. The fraction of sp³-hybridized carbons (Fsp3) is 0.588. The lowest BCUT2D eigenvalue weighted by atomic mass is 10.1. The summed E-state index contributed by atoms with van der Waals surface area (Å²) in [7, 11) is 0. The third kappa shape index (κ3) is 7.57. The molecule has 0 unspecified atom stereocenters. The zero-order valence-electron chi connectivity index (χ0n) is 13.8. The summed E-state index contributed by atoms with van der Waals surface area (Å²) in [5, 5.41) is 2.74. The number of carbonyl (C=O) groups excluding carboxylic acids is 1. The molecule has 6 heteroatoms. The van der Waals surface area contributed by atoms with Crippen molar-refractivity contribution < 1.29 is 14.3 Å². The molecule has 1 amide bonds. The van der Waals surface area contributed by atoms with Gasteiger partial charge in [-0.05, 0) is 44.5 Å². The SMILES string of the molecule is CCCOc1cccc(NC(=O)OCCN2CCCCC2)c1.Cl. The fourth-order valence-electron chi connectivity index (χ4n) is 2.49. The van der Waals surface area contributed by atoms with E-state index in [0.29, 0.717) is 18.9 Å². The maximum absolute atomic E-state index is 11.8. The van der Waals surface area contributed by atoms with Crippen LogP contribution in [0.1, 0.15) is 32.6 Å². The Morgan fingerprint density at radius 3 is 2.74 bits per heavy atom. The van der Waals surface area contributed by atoms with Gasteiger partial charge in [0.2, 0.25) is 0 Å². The normalized spacial score (nSPS) is 14.7. The molecule has 1 aliphatic heterocycles. The molecule has 0 aromatic heterocycles. The van der Waals surface area contributed by atoms with Gasteiger partial charge in [-0.25, -0.2) is 4.79 Å². The number of rotatable bonds is 7. The zero-order valence-corrected chi connectivity index (χ0v) is 14.6. The summed E-state index contributed by atoms with van der Waals surface area (Å²) in [5.74, 6) is 0.757. The molecule has 0 aliphatic carbocycles. The predicted octanol–water partition coefficient (Wildman–Crippen LogP) is 3.93. The van der Waals surface area contributed by atoms with E-state index in [4.69, 9.17) is 9.47 Å². The van der Waals surface area contributed by atoms with Crippen molar-refractivity contribution in [3.8, 4) is 5.75 Å². The second-order valence-corrected chi connectivity index (χ2v) is 5.54. The molecule has 0 bridgehead atoms. The maximum Gasteiger partial charge on any atom is 0.411 e. The van der Waals surface area contributed by atoms with Gasteiger partial charge in [0.1, 0.15) is 12.4 Å². The van der Waals surface area contributed by atoms with Crippen molar-refractivity contribution in [2.45, 2.75) is 32.6 Å². The van der Waals surface area contributed by atoms with Crippen molar-refractivity contribution in [3.05, 3.63) is 24.3 Å². The molecule has 1 aromatic carbocycles. The Bertz CT molecular complexity index is 465. The van der Waals surface area contributed by atoms with Crippen LogP contribution in [0.5, 0.6) is 5.75 Å². The van der Waals surface area contributed by atoms with Crippen LogP contribution in [0.2, 0.25) is 0 Å². The summed E-state index contributed by atoms with van der Waals surface area (Å²) >= 11 is 0. The Morgan fingerprint density at radius 1 is 1.22 bits per heavy atom. The standard InChI is InChI=1S/C17H26N2O3.ClH/c1-2-12-21-16-8-6-7-15(14-16)18-17(20)22-13-11-19-9-4-3-5-10-19;/h6-8,14H,2-5,9-13H2,1H3,(H,18,20);1H. The summed E-state index contributed by atoms with van der Waals surface area (Å²) in [5.41, 5.74) is 0.691. The first-order chi connectivity index (χ1) is 10.8. The van der Waals surface area contributed by atoms with Crippen LogP contribution in [0.15, 0.2) is 24.3 Å². The summed E-state index contributed by atoms with van der Waals surface area (Å²) in [6.07, 6.45) is 4.35. The number of benzene rings is 1. The Kier molecular flexibility index (Phi) is 9.48. The van der Waals surface area contributed by atoms with Gasteiger partial charge in [-0.1, -0.05) is 19.4 Å². The lowest BCUT2D eigenvalue weighted by Gasteiger charge is -2.25. The number of piperidine rings is 1. The lowest BCUT2D eigenvalue weighted by molar-refractivity contribution is 0.131. The molecular weight excluding hydrogens is 316 g/mol. The average Bonchev–Trinajstić information content (AvgIpc) is 2.54. The van der Waals surface area contributed by atoms with Gasteiger partial charge in [0, 0.05) is 18.3 Å². The van der Waals surface area contributed by atoms with Crippen molar-refractivity contribution in [1.82, 2.24) is 4.90 Å². The van der Waals surface area contributed by atoms with Crippen molar-refractivity contribution in [1.29, 1.82) is 0 Å². The summed E-state index contributed by atoms with van der Waals surface area (Å²) < 4.78 is 10.8. The Balaban J connectivity index is 0.00000264. The molecule has 0 radical (unpaired) electrons. The number of nitrogens with one attached hydrogen (secondary N) is 1. The lowest BCUT2D eigenvalue weighted by Crippen LogP contribution is -2.33. The minimum absolute atomic E-state index is 0. The molecule has 1 fully saturated rings. The van der Waals surface area contributed by atoms with Crippen molar-refractivity contribution in [2.75, 3.05) is 38.2 Å². The minimum Gasteiger partial charge on any atom is -0.494 e. The van der Waals surface area contributed by atoms with Crippen LogP contribution in [0.4, 0.5) is 10.5 Å². The predicted molar refractivity (Wildman–Crippen MR) is 94.7 cm³/mol. The molecule has 130 valence electrons. The highest BCUT2D eigenvalue weighted by molar-refractivity contribution is 5.85. The van der Waals surface area contributed by atoms with Crippen LogP contribution >= 0.6 is 12.4 Å². The monoisotopic (exact) mass is 342 g/mol. The molecule has 1 N–H and O–H groups in total. The number of anilines is 1. The number of hydrogen-bond acceptors (Lipinski definition) is 4. The van der Waals surface area contributed by atoms with Crippen molar-refractivity contribution in [2.24, 2.45) is 0 Å². The van der Waals surface area contributed by atoms with Crippen LogP contribution in [-0.2, 0) is 4.74 Å². The van der Waals surface area contributed by atoms with Gasteiger partial charge >= 0.3 is 6.09 Å². The fourth-order valence-corrected chi connectivity index (χ4v) is 2.49. The number of halogens is 1. The summed E-state index contributed by atoms with van der Waals surface area (Å²) in [4.78, 5) is 14.1. The quantitative estimate of drug-likeness (QED) is 0.815. The van der Waals surface area contributed by atoms with Crippen LogP contribution in [0, 0.1) is 0 Å². The van der Waals surface area contributed by atoms with E-state index in [-0.39, 0.29) is 12.4 Å². The molecule has 0 spiro atoms. The van der Waals surface area contributed by atoms with Gasteiger partial charge in [-0.15, -0.1) is 12.4 Å². The van der Waals surface area contributed by atoms with E-state index in [2.05, 4.69) is 17.1 Å². The number of hydrogen-bond donors (Lipinski definition) is 1. The van der Waals surface area contributed by atoms with Gasteiger partial charge < -0.3 is 9.47 Å². The molecule has 0 atom stereocenters. The third-order valence-electron chi connectivity index (χ3n) is 3.64. The average molecular weight is 343 g/mol. The van der Waals surface area contributed by atoms with E-state index in [1.807, 2.05) is 24.3 Å². The number of ether oxygens (including phenoxy) is 2. The highest BCUT2D eigenvalue weighted by Gasteiger charge is 2.10. The van der Waals surface area contributed by atoms with Crippen LogP contribution in [0.3, 0.4) is 0 Å². The Morgan fingerprint density at radius 2 is 2.00 bits per heavy atom. The van der Waals surface area contributed by atoms with Gasteiger partial charge in [0.05, 0.1) is 6.61 Å². The van der Waals surface area contributed by atoms with Gasteiger partial charge in [0.25, 0.3) is 0 Å². The molecule has 0 saturated carbocycles. The highest BCUT2D eigenvalue weighted by Crippen LogP contribution is 2.17. The van der Waals surface area contributed by atoms with Gasteiger partial charge in [0.15, 0.2) is 0 Å². The molecule has 1 aliphatic rings. The van der Waals surface area contributed by atoms with Crippen molar-refractivity contribution in [3.63, 3.8) is 0 Å². The van der Waals surface area contributed by atoms with Gasteiger partial charge in [-0.2, -0.15) is 0 Å². The van der Waals surface area contributed by atoms with Crippen LogP contribution in [-0.4, -0.2) is 43.8 Å². The largest absolute Gasteiger partial charge is 0.494 e. The highest BCUT2D eigenvalue weighted by atomic mass is 35.5. The van der Waals surface area contributed by atoms with Crippen LogP contribution in [0.25, 0.3) is 0 Å². The smallest absolute Gasteiger partial charge is 0.411 e. The van der Waals surface area contributed by atoms with E-state index in [0.717, 1.165) is 31.8 Å². The first-order valence-corrected chi connectivity index (χ1v) is 8.17. The second kappa shape index (κ2) is 11.1. The van der Waals surface area contributed by atoms with E-state index in [9.17, 15) is 4.79 Å².